The fourth-order valence-corrected chi connectivity index (χ4v) is 3.83. The summed E-state index contributed by atoms with van der Waals surface area (Å²) in [4.78, 5) is 0. The molecule has 1 unspecified atom stereocenters. The van der Waals surface area contributed by atoms with Gasteiger partial charge in [-0.2, -0.15) is 11.8 Å². The number of ether oxygens (including phenoxy) is 1. The molecule has 1 aliphatic carbocycles. The quantitative estimate of drug-likeness (QED) is 0.873. The van der Waals surface area contributed by atoms with Crippen LogP contribution in [0.5, 0.6) is 5.75 Å². The summed E-state index contributed by atoms with van der Waals surface area (Å²) in [6, 6.07) is 7.49. The third-order valence-corrected chi connectivity index (χ3v) is 5.49. The van der Waals surface area contributed by atoms with Crippen molar-refractivity contribution < 1.29 is 4.74 Å². The van der Waals surface area contributed by atoms with Gasteiger partial charge in [-0.1, -0.05) is 12.1 Å². The number of rotatable bonds is 5. The van der Waals surface area contributed by atoms with Crippen molar-refractivity contribution in [1.82, 2.24) is 5.32 Å². The molecule has 0 saturated heterocycles. The van der Waals surface area contributed by atoms with Crippen LogP contribution < -0.4 is 10.1 Å². The van der Waals surface area contributed by atoms with Gasteiger partial charge >= 0.3 is 0 Å². The Balaban J connectivity index is 1.96. The molecule has 1 aromatic carbocycles. The third-order valence-electron chi connectivity index (χ3n) is 4.35. The maximum Gasteiger partial charge on any atom is 0.123 e. The van der Waals surface area contributed by atoms with Crippen LogP contribution in [0.1, 0.15) is 49.8 Å². The lowest BCUT2D eigenvalue weighted by Gasteiger charge is -2.31. The first kappa shape index (κ1) is 15.7. The van der Waals surface area contributed by atoms with Crippen LogP contribution in [-0.2, 0) is 0 Å². The van der Waals surface area contributed by atoms with Gasteiger partial charge in [0, 0.05) is 22.9 Å². The second kappa shape index (κ2) is 7.37. The molecular formula is C17H27NOS. The van der Waals surface area contributed by atoms with E-state index in [1.807, 2.05) is 11.8 Å². The fourth-order valence-electron chi connectivity index (χ4n) is 3.08. The number of benzene rings is 1. The summed E-state index contributed by atoms with van der Waals surface area (Å²) in [5.41, 5.74) is 2.52. The molecule has 1 aliphatic rings. The Kier molecular flexibility index (Phi) is 5.79. The molecule has 1 N–H and O–H groups in total. The third kappa shape index (κ3) is 3.92. The molecule has 0 aliphatic heterocycles. The molecule has 1 fully saturated rings. The summed E-state index contributed by atoms with van der Waals surface area (Å²) in [5, 5.41) is 4.66. The summed E-state index contributed by atoms with van der Waals surface area (Å²) in [6.45, 7) is 4.35. The Labute approximate surface area is 127 Å². The summed E-state index contributed by atoms with van der Waals surface area (Å²) in [6.07, 6.45) is 7.51. The molecule has 112 valence electrons. The predicted octanol–water partition coefficient (Wildman–Crippen LogP) is 4.33. The van der Waals surface area contributed by atoms with E-state index < -0.39 is 0 Å². The number of hydrogen-bond donors (Lipinski definition) is 1. The molecule has 0 heterocycles. The van der Waals surface area contributed by atoms with Crippen LogP contribution in [0, 0.1) is 6.92 Å². The van der Waals surface area contributed by atoms with Gasteiger partial charge in [0.1, 0.15) is 5.75 Å². The standard InChI is InChI=1S/C17H27NOS/c1-12-5-10-16(17(11-12)19-3)13(2)18-14-6-8-15(20-4)9-7-14/h5,10-11,13-15,18H,6-9H2,1-4H3. The first-order valence-electron chi connectivity index (χ1n) is 7.57. The zero-order valence-corrected chi connectivity index (χ0v) is 13.9. The Hall–Kier alpha value is -0.670. The van der Waals surface area contributed by atoms with E-state index in [-0.39, 0.29) is 0 Å². The summed E-state index contributed by atoms with van der Waals surface area (Å²) < 4.78 is 5.53. The van der Waals surface area contributed by atoms with Crippen molar-refractivity contribution in [2.45, 2.75) is 56.9 Å². The van der Waals surface area contributed by atoms with Crippen LogP contribution in [-0.4, -0.2) is 24.7 Å². The van der Waals surface area contributed by atoms with Crippen LogP contribution in [0.25, 0.3) is 0 Å². The Morgan fingerprint density at radius 3 is 2.55 bits per heavy atom. The van der Waals surface area contributed by atoms with E-state index in [2.05, 4.69) is 43.6 Å². The maximum absolute atomic E-state index is 5.53. The summed E-state index contributed by atoms with van der Waals surface area (Å²) >= 11 is 2.02. The van der Waals surface area contributed by atoms with E-state index in [4.69, 9.17) is 4.74 Å². The molecule has 0 radical (unpaired) electrons. The van der Waals surface area contributed by atoms with Gasteiger partial charge in [0.25, 0.3) is 0 Å². The molecule has 1 saturated carbocycles. The highest BCUT2D eigenvalue weighted by atomic mass is 32.2. The molecule has 2 nitrogen and oxygen atoms in total. The fraction of sp³-hybridized carbons (Fsp3) is 0.647. The molecule has 0 amide bonds. The van der Waals surface area contributed by atoms with E-state index in [1.54, 1.807) is 7.11 Å². The van der Waals surface area contributed by atoms with E-state index in [0.717, 1.165) is 11.0 Å². The number of methoxy groups -OCH3 is 1. The van der Waals surface area contributed by atoms with Crippen LogP contribution in [0.15, 0.2) is 18.2 Å². The van der Waals surface area contributed by atoms with E-state index in [0.29, 0.717) is 12.1 Å². The highest BCUT2D eigenvalue weighted by molar-refractivity contribution is 7.99. The highest BCUT2D eigenvalue weighted by Gasteiger charge is 2.22. The van der Waals surface area contributed by atoms with Crippen LogP contribution in [0.3, 0.4) is 0 Å². The Bertz CT molecular complexity index is 427. The molecule has 0 aromatic heterocycles. The lowest BCUT2D eigenvalue weighted by atomic mass is 9.93. The molecular weight excluding hydrogens is 266 g/mol. The normalized spacial score (nSPS) is 24.4. The number of hydrogen-bond acceptors (Lipinski definition) is 3. The average molecular weight is 293 g/mol. The predicted molar refractivity (Wildman–Crippen MR) is 88.8 cm³/mol. The highest BCUT2D eigenvalue weighted by Crippen LogP contribution is 2.30. The van der Waals surface area contributed by atoms with Gasteiger partial charge in [-0.25, -0.2) is 0 Å². The molecule has 0 bridgehead atoms. The molecule has 1 aromatic rings. The molecule has 1 atom stereocenters. The lowest BCUT2D eigenvalue weighted by Crippen LogP contribution is -2.35. The minimum Gasteiger partial charge on any atom is -0.496 e. The van der Waals surface area contributed by atoms with Crippen molar-refractivity contribution >= 4 is 11.8 Å². The summed E-state index contributed by atoms with van der Waals surface area (Å²) in [5.74, 6) is 1.00. The molecule has 0 spiro atoms. The van der Waals surface area contributed by atoms with E-state index in [9.17, 15) is 0 Å². The van der Waals surface area contributed by atoms with Crippen molar-refractivity contribution in [2.24, 2.45) is 0 Å². The van der Waals surface area contributed by atoms with Crippen molar-refractivity contribution in [3.8, 4) is 5.75 Å². The Morgan fingerprint density at radius 2 is 1.95 bits per heavy atom. The molecule has 20 heavy (non-hydrogen) atoms. The number of thioether (sulfide) groups is 1. The monoisotopic (exact) mass is 293 g/mol. The first-order chi connectivity index (χ1) is 9.63. The zero-order chi connectivity index (χ0) is 14.5. The summed E-state index contributed by atoms with van der Waals surface area (Å²) in [7, 11) is 1.76. The lowest BCUT2D eigenvalue weighted by molar-refractivity contribution is 0.343. The Morgan fingerprint density at radius 1 is 1.25 bits per heavy atom. The van der Waals surface area contributed by atoms with Gasteiger partial charge in [0.2, 0.25) is 0 Å². The van der Waals surface area contributed by atoms with Gasteiger partial charge < -0.3 is 10.1 Å². The minimum absolute atomic E-state index is 0.348. The number of aryl methyl sites for hydroxylation is 1. The van der Waals surface area contributed by atoms with Gasteiger partial charge in [0.05, 0.1) is 7.11 Å². The molecule has 2 rings (SSSR count). The smallest absolute Gasteiger partial charge is 0.123 e. The first-order valence-corrected chi connectivity index (χ1v) is 8.86. The van der Waals surface area contributed by atoms with Crippen molar-refractivity contribution in [1.29, 1.82) is 0 Å². The molecule has 3 heteroatoms. The van der Waals surface area contributed by atoms with E-state index >= 15 is 0 Å². The van der Waals surface area contributed by atoms with Gasteiger partial charge in [-0.15, -0.1) is 0 Å². The zero-order valence-electron chi connectivity index (χ0n) is 13.1. The topological polar surface area (TPSA) is 21.3 Å². The van der Waals surface area contributed by atoms with Crippen molar-refractivity contribution in [3.05, 3.63) is 29.3 Å². The SMILES string of the molecule is COc1cc(C)ccc1C(C)NC1CCC(SC)CC1. The average Bonchev–Trinajstić information content (AvgIpc) is 2.47. The maximum atomic E-state index is 5.53. The largest absolute Gasteiger partial charge is 0.496 e. The minimum atomic E-state index is 0.348. The van der Waals surface area contributed by atoms with Gasteiger partial charge in [-0.3, -0.25) is 0 Å². The van der Waals surface area contributed by atoms with E-state index in [1.165, 1.54) is 36.8 Å². The van der Waals surface area contributed by atoms with Gasteiger partial charge in [-0.05, 0) is 57.4 Å². The van der Waals surface area contributed by atoms with Gasteiger partial charge in [0.15, 0.2) is 0 Å². The van der Waals surface area contributed by atoms with Crippen LogP contribution >= 0.6 is 11.8 Å². The second-order valence-corrected chi connectivity index (χ2v) is 6.98. The second-order valence-electron chi connectivity index (χ2n) is 5.84. The van der Waals surface area contributed by atoms with Crippen molar-refractivity contribution in [3.63, 3.8) is 0 Å². The van der Waals surface area contributed by atoms with Crippen LogP contribution in [0.4, 0.5) is 0 Å². The van der Waals surface area contributed by atoms with Crippen molar-refractivity contribution in [2.75, 3.05) is 13.4 Å². The van der Waals surface area contributed by atoms with Crippen LogP contribution in [0.2, 0.25) is 0 Å². The number of nitrogens with one attached hydrogen (secondary N) is 1.